The third-order valence-electron chi connectivity index (χ3n) is 3.18. The summed E-state index contributed by atoms with van der Waals surface area (Å²) in [6, 6.07) is -0.409. The number of likely N-dealkylation sites (tertiary alicyclic amines) is 1. The first-order valence-corrected chi connectivity index (χ1v) is 6.26. The highest BCUT2D eigenvalue weighted by molar-refractivity contribution is 5.81. The Morgan fingerprint density at radius 3 is 2.45 bits per heavy atom. The molecular weight excluding hydrogens is 264 g/mol. The first-order valence-electron chi connectivity index (χ1n) is 6.26. The lowest BCUT2D eigenvalue weighted by Gasteiger charge is -2.33. The molecule has 0 aliphatic carbocycles. The van der Waals surface area contributed by atoms with E-state index >= 15 is 0 Å². The lowest BCUT2D eigenvalue weighted by molar-refractivity contribution is -0.146. The van der Waals surface area contributed by atoms with E-state index in [0.29, 0.717) is 25.9 Å². The molecule has 0 aromatic carbocycles. The maximum atomic E-state index is 12.1. The topological polar surface area (TPSA) is 87.2 Å². The van der Waals surface area contributed by atoms with Gasteiger partial charge in [0.1, 0.15) is 6.54 Å². The van der Waals surface area contributed by atoms with E-state index in [0.717, 1.165) is 4.90 Å². The molecule has 0 bridgehead atoms. The Bertz CT molecular complexity index is 421. The number of carboxylic acids is 1. The van der Waals surface area contributed by atoms with Crippen LogP contribution in [0.5, 0.6) is 0 Å². The molecule has 0 atom stereocenters. The highest BCUT2D eigenvalue weighted by atomic mass is 16.5. The van der Waals surface area contributed by atoms with E-state index in [1.54, 1.807) is 0 Å². The predicted molar refractivity (Wildman–Crippen MR) is 69.8 cm³/mol. The normalized spacial score (nSPS) is 15.3. The Morgan fingerprint density at radius 2 is 2.00 bits per heavy atom. The van der Waals surface area contributed by atoms with Crippen molar-refractivity contribution in [2.24, 2.45) is 5.92 Å². The number of amides is 2. The van der Waals surface area contributed by atoms with Crippen LogP contribution in [0.2, 0.25) is 0 Å². The third-order valence-corrected chi connectivity index (χ3v) is 3.18. The minimum Gasteiger partial charge on any atom is -0.480 e. The van der Waals surface area contributed by atoms with Crippen molar-refractivity contribution in [2.75, 3.05) is 33.3 Å². The molecule has 2 amide bonds. The molecule has 0 aromatic heterocycles. The summed E-state index contributed by atoms with van der Waals surface area (Å²) in [7, 11) is 1.33. The summed E-state index contributed by atoms with van der Waals surface area (Å²) >= 11 is 0. The van der Waals surface area contributed by atoms with Crippen molar-refractivity contribution in [3.05, 3.63) is 0 Å². The van der Waals surface area contributed by atoms with E-state index in [2.05, 4.69) is 10.7 Å². The van der Waals surface area contributed by atoms with Crippen molar-refractivity contribution in [1.29, 1.82) is 0 Å². The van der Waals surface area contributed by atoms with E-state index < -0.39 is 18.5 Å². The van der Waals surface area contributed by atoms with Gasteiger partial charge < -0.3 is 19.6 Å². The van der Waals surface area contributed by atoms with Gasteiger partial charge >= 0.3 is 18.0 Å². The van der Waals surface area contributed by atoms with Crippen LogP contribution in [0.1, 0.15) is 12.8 Å². The van der Waals surface area contributed by atoms with Gasteiger partial charge in [-0.25, -0.2) is 4.79 Å². The zero-order valence-electron chi connectivity index (χ0n) is 11.4. The molecule has 0 unspecified atom stereocenters. The number of hydrogen-bond acceptors (Lipinski definition) is 4. The molecule has 1 fully saturated rings. The summed E-state index contributed by atoms with van der Waals surface area (Å²) < 4.78 is 4.67. The van der Waals surface area contributed by atoms with Gasteiger partial charge in [-0.05, 0) is 12.8 Å². The molecule has 1 aliphatic heterocycles. The summed E-state index contributed by atoms with van der Waals surface area (Å²) in [5.74, 6) is 0.678. The van der Waals surface area contributed by atoms with Crippen LogP contribution in [0, 0.1) is 18.3 Å². The number of piperidine rings is 1. The molecule has 0 saturated carbocycles. The smallest absolute Gasteiger partial charge is 0.323 e. The number of ether oxygens (including phenoxy) is 1. The first-order chi connectivity index (χ1) is 9.49. The van der Waals surface area contributed by atoms with Gasteiger partial charge in [0.05, 0.1) is 19.6 Å². The number of hydrogen-bond donors (Lipinski definition) is 1. The van der Waals surface area contributed by atoms with Crippen LogP contribution in [-0.2, 0) is 14.3 Å². The van der Waals surface area contributed by atoms with Crippen molar-refractivity contribution in [3.8, 4) is 12.3 Å². The van der Waals surface area contributed by atoms with Crippen LogP contribution in [0.4, 0.5) is 4.79 Å². The molecule has 1 rings (SSSR count). The fraction of sp³-hybridized carbons (Fsp3) is 0.615. The second kappa shape index (κ2) is 7.38. The van der Waals surface area contributed by atoms with Crippen LogP contribution in [0.15, 0.2) is 0 Å². The first kappa shape index (κ1) is 15.8. The quantitative estimate of drug-likeness (QED) is 0.580. The zero-order valence-corrected chi connectivity index (χ0v) is 11.4. The van der Waals surface area contributed by atoms with Crippen molar-refractivity contribution in [1.82, 2.24) is 9.80 Å². The number of methoxy groups -OCH3 is 1. The van der Waals surface area contributed by atoms with Gasteiger partial charge in [0.25, 0.3) is 0 Å². The lowest BCUT2D eigenvalue weighted by atomic mass is 9.97. The standard InChI is InChI=1S/C13H18N2O5/c1-3-6-15(9-11(16)17)13(19)14-7-4-10(5-8-14)12(18)20-2/h1,10H,4-9H2,2H3,(H,16,17). The third kappa shape index (κ3) is 4.16. The average Bonchev–Trinajstić information content (AvgIpc) is 2.45. The van der Waals surface area contributed by atoms with Crippen molar-refractivity contribution < 1.29 is 24.2 Å². The van der Waals surface area contributed by atoms with E-state index in [-0.39, 0.29) is 18.4 Å². The minimum atomic E-state index is -1.11. The van der Waals surface area contributed by atoms with E-state index in [1.807, 2.05) is 0 Å². The zero-order chi connectivity index (χ0) is 15.1. The maximum Gasteiger partial charge on any atom is 0.323 e. The molecule has 1 aliphatic rings. The largest absolute Gasteiger partial charge is 0.480 e. The Balaban J connectivity index is 2.58. The summed E-state index contributed by atoms with van der Waals surface area (Å²) in [6.45, 7) is 0.292. The summed E-state index contributed by atoms with van der Waals surface area (Å²) in [6.07, 6.45) is 6.15. The molecule has 1 saturated heterocycles. The number of aliphatic carboxylic acids is 1. The Hall–Kier alpha value is -2.23. The van der Waals surface area contributed by atoms with E-state index in [4.69, 9.17) is 11.5 Å². The molecule has 7 nitrogen and oxygen atoms in total. The van der Waals surface area contributed by atoms with Gasteiger partial charge in [-0.2, -0.15) is 0 Å². The molecule has 20 heavy (non-hydrogen) atoms. The predicted octanol–water partition coefficient (Wildman–Crippen LogP) is 0.0112. The monoisotopic (exact) mass is 282 g/mol. The van der Waals surface area contributed by atoms with E-state index in [1.165, 1.54) is 12.0 Å². The molecule has 0 aromatic rings. The second-order valence-corrected chi connectivity index (χ2v) is 4.52. The molecule has 7 heteroatoms. The molecule has 1 heterocycles. The van der Waals surface area contributed by atoms with E-state index in [9.17, 15) is 14.4 Å². The number of rotatable bonds is 4. The van der Waals surface area contributed by atoms with Gasteiger partial charge in [-0.1, -0.05) is 5.92 Å². The number of esters is 1. The number of carbonyl (C=O) groups is 3. The molecular formula is C13H18N2O5. The number of nitrogens with zero attached hydrogens (tertiary/aromatic N) is 2. The van der Waals surface area contributed by atoms with Gasteiger partial charge in [0, 0.05) is 13.1 Å². The molecule has 0 spiro atoms. The number of carboxylic acid groups (broad SMARTS) is 1. The van der Waals surface area contributed by atoms with Crippen molar-refractivity contribution in [3.63, 3.8) is 0 Å². The lowest BCUT2D eigenvalue weighted by Crippen LogP contribution is -2.49. The van der Waals surface area contributed by atoms with Gasteiger partial charge in [0.2, 0.25) is 0 Å². The van der Waals surface area contributed by atoms with Crippen LogP contribution < -0.4 is 0 Å². The average molecular weight is 282 g/mol. The minimum absolute atomic E-state index is 0.0535. The van der Waals surface area contributed by atoms with Crippen LogP contribution in [-0.4, -0.2) is 66.2 Å². The number of terminal acetylenes is 1. The molecule has 110 valence electrons. The second-order valence-electron chi connectivity index (χ2n) is 4.52. The highest BCUT2D eigenvalue weighted by Crippen LogP contribution is 2.19. The van der Waals surface area contributed by atoms with Crippen LogP contribution >= 0.6 is 0 Å². The Kier molecular flexibility index (Phi) is 5.84. The van der Waals surface area contributed by atoms with Gasteiger partial charge in [0.15, 0.2) is 0 Å². The van der Waals surface area contributed by atoms with Crippen LogP contribution in [0.25, 0.3) is 0 Å². The molecule has 0 radical (unpaired) electrons. The summed E-state index contributed by atoms with van der Waals surface area (Å²) in [5, 5.41) is 8.76. The number of urea groups is 1. The molecule has 1 N–H and O–H groups in total. The SMILES string of the molecule is C#CCN(CC(=O)O)C(=O)N1CCC(C(=O)OC)CC1. The fourth-order valence-corrected chi connectivity index (χ4v) is 2.14. The van der Waals surface area contributed by atoms with Gasteiger partial charge in [-0.3, -0.25) is 9.59 Å². The fourth-order valence-electron chi connectivity index (χ4n) is 2.14. The van der Waals surface area contributed by atoms with Crippen LogP contribution in [0.3, 0.4) is 0 Å². The Labute approximate surface area is 117 Å². The summed E-state index contributed by atoms with van der Waals surface area (Å²) in [5.41, 5.74) is 0. The Morgan fingerprint density at radius 1 is 1.40 bits per heavy atom. The number of carbonyl (C=O) groups excluding carboxylic acids is 2. The highest BCUT2D eigenvalue weighted by Gasteiger charge is 2.30. The van der Waals surface area contributed by atoms with Crippen molar-refractivity contribution >= 4 is 18.0 Å². The van der Waals surface area contributed by atoms with Crippen molar-refractivity contribution in [2.45, 2.75) is 12.8 Å². The van der Waals surface area contributed by atoms with Gasteiger partial charge in [-0.15, -0.1) is 6.42 Å². The summed E-state index contributed by atoms with van der Waals surface area (Å²) in [4.78, 5) is 36.9. The maximum absolute atomic E-state index is 12.1.